The minimum atomic E-state index is -2.10. The molecular formula is C28H25O4P. The minimum absolute atomic E-state index is 0.181. The smallest absolute Gasteiger partial charge is 0.344 e. The van der Waals surface area contributed by atoms with Crippen LogP contribution in [0.5, 0.6) is 0 Å². The van der Waals surface area contributed by atoms with Crippen LogP contribution >= 0.6 is 7.26 Å². The Bertz CT molecular complexity index is 1050. The number of hydrogen-bond acceptors (Lipinski definition) is 4. The van der Waals surface area contributed by atoms with Gasteiger partial charge < -0.3 is 14.6 Å². The van der Waals surface area contributed by atoms with Gasteiger partial charge in [-0.05, 0) is 42.0 Å². The van der Waals surface area contributed by atoms with E-state index in [9.17, 15) is 14.7 Å². The lowest BCUT2D eigenvalue weighted by molar-refractivity contribution is -0.255. The van der Waals surface area contributed by atoms with E-state index in [0.717, 1.165) is 0 Å². The van der Waals surface area contributed by atoms with Gasteiger partial charge in [0.15, 0.2) is 6.16 Å². The topological polar surface area (TPSA) is 66.4 Å². The van der Waals surface area contributed by atoms with E-state index < -0.39 is 13.2 Å². The summed E-state index contributed by atoms with van der Waals surface area (Å²) in [5.41, 5.74) is 0.220. The summed E-state index contributed by atoms with van der Waals surface area (Å²) in [7, 11) is -0.644. The van der Waals surface area contributed by atoms with Crippen molar-refractivity contribution in [2.24, 2.45) is 0 Å². The van der Waals surface area contributed by atoms with Crippen LogP contribution in [0.25, 0.3) is 0 Å². The number of rotatable bonds is 6. The minimum Gasteiger partial charge on any atom is -0.545 e. The van der Waals surface area contributed by atoms with Crippen molar-refractivity contribution in [2.45, 2.75) is 0 Å². The van der Waals surface area contributed by atoms with E-state index in [1.807, 2.05) is 54.6 Å². The van der Waals surface area contributed by atoms with Gasteiger partial charge >= 0.3 is 5.97 Å². The van der Waals surface area contributed by atoms with E-state index in [4.69, 9.17) is 4.74 Å². The third kappa shape index (κ3) is 5.94. The fourth-order valence-corrected chi connectivity index (χ4v) is 7.60. The predicted octanol–water partition coefficient (Wildman–Crippen LogP) is 3.20. The zero-order valence-electron chi connectivity index (χ0n) is 18.3. The molecule has 0 bridgehead atoms. The van der Waals surface area contributed by atoms with Crippen LogP contribution in [0.2, 0.25) is 0 Å². The van der Waals surface area contributed by atoms with Gasteiger partial charge in [-0.3, -0.25) is 0 Å². The van der Waals surface area contributed by atoms with Gasteiger partial charge in [0.05, 0.1) is 13.1 Å². The number of hydrogen-bond donors (Lipinski definition) is 0. The highest BCUT2D eigenvalue weighted by Crippen LogP contribution is 2.55. The molecule has 0 aliphatic heterocycles. The van der Waals surface area contributed by atoms with Crippen LogP contribution < -0.4 is 21.0 Å². The number of ether oxygens (including phenoxy) is 1. The zero-order chi connectivity index (χ0) is 23.5. The molecule has 0 saturated heterocycles. The number of carboxylic acids is 1. The average molecular weight is 456 g/mol. The molecule has 0 heterocycles. The second kappa shape index (κ2) is 11.8. The van der Waals surface area contributed by atoms with E-state index in [-0.39, 0.29) is 11.5 Å². The Morgan fingerprint density at radius 3 is 1.24 bits per heavy atom. The fourth-order valence-electron chi connectivity index (χ4n) is 3.60. The van der Waals surface area contributed by atoms with Gasteiger partial charge in [0, 0.05) is 0 Å². The summed E-state index contributed by atoms with van der Waals surface area (Å²) in [6, 6.07) is 39.0. The first-order valence-electron chi connectivity index (χ1n) is 10.5. The average Bonchev–Trinajstić information content (AvgIpc) is 2.89. The van der Waals surface area contributed by atoms with Gasteiger partial charge in [0.25, 0.3) is 0 Å². The molecule has 5 heteroatoms. The highest BCUT2D eigenvalue weighted by atomic mass is 31.2. The first kappa shape index (κ1) is 23.9. The van der Waals surface area contributed by atoms with E-state index in [1.54, 1.807) is 18.2 Å². The second-order valence-electron chi connectivity index (χ2n) is 7.20. The molecule has 0 N–H and O–H groups in total. The highest BCUT2D eigenvalue weighted by molar-refractivity contribution is 7.96. The lowest BCUT2D eigenvalue weighted by atomic mass is 10.2. The molecule has 0 aliphatic carbocycles. The molecule has 0 spiro atoms. The molecule has 4 rings (SSSR count). The van der Waals surface area contributed by atoms with Crippen LogP contribution in [0.3, 0.4) is 0 Å². The number of carbonyl (C=O) groups is 2. The first-order chi connectivity index (χ1) is 16.1. The molecule has 0 fully saturated rings. The van der Waals surface area contributed by atoms with Crippen LogP contribution in [-0.2, 0) is 9.53 Å². The first-order valence-corrected chi connectivity index (χ1v) is 12.4. The van der Waals surface area contributed by atoms with Crippen LogP contribution in [-0.4, -0.2) is 25.2 Å². The van der Waals surface area contributed by atoms with E-state index >= 15 is 0 Å². The summed E-state index contributed by atoms with van der Waals surface area (Å²) in [4.78, 5) is 22.4. The molecule has 0 amide bonds. The molecule has 0 aliphatic rings. The fraction of sp³-hybridized carbons (Fsp3) is 0.0714. The summed E-state index contributed by atoms with van der Waals surface area (Å²) in [5, 5.41) is 13.7. The lowest BCUT2D eigenvalue weighted by Crippen LogP contribution is -2.36. The third-order valence-electron chi connectivity index (χ3n) is 5.19. The molecular weight excluding hydrogens is 431 g/mol. The van der Waals surface area contributed by atoms with Gasteiger partial charge in [0.2, 0.25) is 0 Å². The van der Waals surface area contributed by atoms with Crippen LogP contribution in [0.15, 0.2) is 121 Å². The summed E-state index contributed by atoms with van der Waals surface area (Å²) < 4.78 is 5.06. The van der Waals surface area contributed by atoms with Crippen molar-refractivity contribution in [3.8, 4) is 0 Å². The maximum absolute atomic E-state index is 12.4. The lowest BCUT2D eigenvalue weighted by Gasteiger charge is -2.26. The number of aromatic carboxylic acids is 1. The van der Waals surface area contributed by atoms with Crippen LogP contribution in [0.1, 0.15) is 10.4 Å². The van der Waals surface area contributed by atoms with Crippen molar-refractivity contribution in [1.29, 1.82) is 0 Å². The molecule has 4 aromatic rings. The second-order valence-corrected chi connectivity index (χ2v) is 10.7. The van der Waals surface area contributed by atoms with Crippen molar-refractivity contribution in [1.82, 2.24) is 0 Å². The van der Waals surface area contributed by atoms with Gasteiger partial charge in [-0.15, -0.1) is 0 Å². The number of carbonyl (C=O) groups excluding carboxylic acids is 2. The molecule has 4 nitrogen and oxygen atoms in total. The third-order valence-corrected chi connectivity index (χ3v) is 9.47. The van der Waals surface area contributed by atoms with E-state index in [2.05, 4.69) is 36.4 Å². The van der Waals surface area contributed by atoms with Crippen LogP contribution in [0, 0.1) is 0 Å². The summed E-state index contributed by atoms with van der Waals surface area (Å²) >= 11 is 0. The molecule has 0 aromatic heterocycles. The Kier molecular flexibility index (Phi) is 8.51. The number of esters is 1. The quantitative estimate of drug-likeness (QED) is 0.330. The van der Waals surface area contributed by atoms with Crippen molar-refractivity contribution >= 4 is 35.1 Å². The molecule has 0 saturated carbocycles. The van der Waals surface area contributed by atoms with Gasteiger partial charge in [0.1, 0.15) is 23.2 Å². The molecule has 0 unspecified atom stereocenters. The van der Waals surface area contributed by atoms with Crippen molar-refractivity contribution in [3.05, 3.63) is 127 Å². The SMILES string of the molecule is COC(=O)C[P+](c1ccccc1)(c1ccccc1)c1ccccc1.O=C([O-])c1ccccc1. The maximum atomic E-state index is 12.4. The van der Waals surface area contributed by atoms with E-state index in [1.165, 1.54) is 35.2 Å². The Morgan fingerprint density at radius 2 is 0.970 bits per heavy atom. The molecule has 166 valence electrons. The van der Waals surface area contributed by atoms with E-state index in [0.29, 0.717) is 6.16 Å². The van der Waals surface area contributed by atoms with Gasteiger partial charge in [-0.2, -0.15) is 0 Å². The van der Waals surface area contributed by atoms with Gasteiger partial charge in [-0.1, -0.05) is 84.9 Å². The van der Waals surface area contributed by atoms with Crippen molar-refractivity contribution in [3.63, 3.8) is 0 Å². The largest absolute Gasteiger partial charge is 0.545 e. The number of benzene rings is 4. The summed E-state index contributed by atoms with van der Waals surface area (Å²) in [6.45, 7) is 0. The number of methoxy groups -OCH3 is 1. The summed E-state index contributed by atoms with van der Waals surface area (Å²) in [5.74, 6) is -1.31. The molecule has 4 aromatic carbocycles. The Labute approximate surface area is 194 Å². The normalized spacial score (nSPS) is 10.5. The van der Waals surface area contributed by atoms with Crippen molar-refractivity contribution < 1.29 is 19.4 Å². The Hall–Kier alpha value is -3.75. The summed E-state index contributed by atoms with van der Waals surface area (Å²) in [6.07, 6.45) is 0.363. The Balaban J connectivity index is 0.000000286. The monoisotopic (exact) mass is 456 g/mol. The van der Waals surface area contributed by atoms with Crippen LogP contribution in [0.4, 0.5) is 0 Å². The van der Waals surface area contributed by atoms with Crippen molar-refractivity contribution in [2.75, 3.05) is 13.3 Å². The molecule has 0 radical (unpaired) electrons. The zero-order valence-corrected chi connectivity index (χ0v) is 19.2. The maximum Gasteiger partial charge on any atom is 0.344 e. The Morgan fingerprint density at radius 1 is 0.636 bits per heavy atom. The predicted molar refractivity (Wildman–Crippen MR) is 133 cm³/mol. The number of carboxylic acid groups (broad SMARTS) is 1. The highest BCUT2D eigenvalue weighted by Gasteiger charge is 2.47. The molecule has 0 atom stereocenters. The van der Waals surface area contributed by atoms with Gasteiger partial charge in [-0.25, -0.2) is 4.79 Å². The molecule has 33 heavy (non-hydrogen) atoms. The standard InChI is InChI=1S/C21H20O2P.C7H6O2/c1-23-21(22)17-24(18-11-5-2-6-12-18,19-13-7-3-8-14-19)20-15-9-4-10-16-20;8-7(9)6-4-2-1-3-5-6/h2-16H,17H2,1H3;1-5H,(H,8,9)/q+1;/p-1.